The number of hydrogen-bond acceptors (Lipinski definition) is 5. The van der Waals surface area contributed by atoms with Crippen molar-refractivity contribution in [2.45, 2.75) is 51.5 Å². The van der Waals surface area contributed by atoms with Crippen molar-refractivity contribution in [2.75, 3.05) is 37.6 Å². The predicted octanol–water partition coefficient (Wildman–Crippen LogP) is 3.70. The van der Waals surface area contributed by atoms with Gasteiger partial charge in [0.2, 0.25) is 11.5 Å². The predicted molar refractivity (Wildman–Crippen MR) is 111 cm³/mol. The van der Waals surface area contributed by atoms with Crippen molar-refractivity contribution in [1.82, 2.24) is 15.4 Å². The summed E-state index contributed by atoms with van der Waals surface area (Å²) in [6.07, 6.45) is 6.25. The molecule has 1 saturated carbocycles. The quantitative estimate of drug-likeness (QED) is 0.772. The van der Waals surface area contributed by atoms with Crippen molar-refractivity contribution in [3.05, 3.63) is 23.8 Å². The van der Waals surface area contributed by atoms with Crippen LogP contribution in [0.4, 0.5) is 14.6 Å². The highest BCUT2D eigenvalue weighted by molar-refractivity contribution is 5.89. The maximum atomic E-state index is 13.9. The number of halogens is 2. The molecule has 2 fully saturated rings. The lowest BCUT2D eigenvalue weighted by molar-refractivity contribution is -0.121. The smallest absolute Gasteiger partial charge is 0.219 e. The van der Waals surface area contributed by atoms with Crippen molar-refractivity contribution in [2.24, 2.45) is 5.92 Å². The number of hydrogen-bond donors (Lipinski definition) is 1. The van der Waals surface area contributed by atoms with Gasteiger partial charge in [-0.15, -0.1) is 0 Å². The first-order valence-electron chi connectivity index (χ1n) is 11.0. The zero-order chi connectivity index (χ0) is 21.1. The standard InChI is InChI=1S/C22H30F2N4O2/c1-2-20(29)25-17-5-3-15(4-6-17)7-8-27-9-11-28(12-10-27)22-18-13-16(23)14-19(24)21(18)30-26-22/h13-15,17H,2-12H2,1H3,(H,25,29)/t15-,17-. The van der Waals surface area contributed by atoms with Gasteiger partial charge < -0.3 is 14.7 Å². The Morgan fingerprint density at radius 2 is 1.90 bits per heavy atom. The molecule has 4 rings (SSSR count). The van der Waals surface area contributed by atoms with E-state index in [-0.39, 0.29) is 11.5 Å². The number of nitrogens with one attached hydrogen (secondary N) is 1. The first kappa shape index (κ1) is 21.0. The first-order chi connectivity index (χ1) is 14.5. The third-order valence-corrected chi connectivity index (χ3v) is 6.53. The lowest BCUT2D eigenvalue weighted by Gasteiger charge is -2.36. The summed E-state index contributed by atoms with van der Waals surface area (Å²) in [4.78, 5) is 16.0. The summed E-state index contributed by atoms with van der Waals surface area (Å²) in [7, 11) is 0. The van der Waals surface area contributed by atoms with Crippen molar-refractivity contribution < 1.29 is 18.1 Å². The van der Waals surface area contributed by atoms with E-state index in [0.717, 1.165) is 57.5 Å². The normalized spacial score (nSPS) is 23.1. The topological polar surface area (TPSA) is 61.6 Å². The van der Waals surface area contributed by atoms with Crippen LogP contribution in [0.15, 0.2) is 16.7 Å². The Hall–Kier alpha value is -2.22. The highest BCUT2D eigenvalue weighted by Crippen LogP contribution is 2.30. The van der Waals surface area contributed by atoms with Crippen LogP contribution in [0.1, 0.15) is 45.4 Å². The van der Waals surface area contributed by atoms with Crippen LogP contribution < -0.4 is 10.2 Å². The number of carbonyl (C=O) groups is 1. The average Bonchev–Trinajstić information content (AvgIpc) is 3.17. The summed E-state index contributed by atoms with van der Waals surface area (Å²) < 4.78 is 32.6. The molecule has 2 heterocycles. The number of nitrogens with zero attached hydrogens (tertiary/aromatic N) is 3. The van der Waals surface area contributed by atoms with Gasteiger partial charge in [-0.3, -0.25) is 9.69 Å². The van der Waals surface area contributed by atoms with E-state index in [2.05, 4.69) is 15.4 Å². The molecule has 1 aliphatic heterocycles. The fourth-order valence-corrected chi connectivity index (χ4v) is 4.66. The number of aromatic nitrogens is 1. The molecule has 0 radical (unpaired) electrons. The van der Waals surface area contributed by atoms with Crippen LogP contribution >= 0.6 is 0 Å². The molecule has 164 valence electrons. The zero-order valence-corrected chi connectivity index (χ0v) is 17.5. The highest BCUT2D eigenvalue weighted by Gasteiger charge is 2.25. The van der Waals surface area contributed by atoms with Crippen LogP contribution in [0.25, 0.3) is 11.0 Å². The van der Waals surface area contributed by atoms with Crippen molar-refractivity contribution in [3.63, 3.8) is 0 Å². The molecule has 1 N–H and O–H groups in total. The van der Waals surface area contributed by atoms with E-state index in [1.807, 2.05) is 11.8 Å². The fourth-order valence-electron chi connectivity index (χ4n) is 4.66. The summed E-state index contributed by atoms with van der Waals surface area (Å²) in [6, 6.07) is 2.46. The minimum Gasteiger partial charge on any atom is -0.353 e. The van der Waals surface area contributed by atoms with Crippen LogP contribution in [0.5, 0.6) is 0 Å². The molecular weight excluding hydrogens is 390 g/mol. The maximum Gasteiger partial charge on any atom is 0.219 e. The zero-order valence-electron chi connectivity index (χ0n) is 17.5. The van der Waals surface area contributed by atoms with Crippen LogP contribution in [0.3, 0.4) is 0 Å². The highest BCUT2D eigenvalue weighted by atomic mass is 19.1. The Bertz CT molecular complexity index is 871. The number of anilines is 1. The summed E-state index contributed by atoms with van der Waals surface area (Å²) in [5.41, 5.74) is 0.0135. The number of carbonyl (C=O) groups excluding carboxylic acids is 1. The van der Waals surface area contributed by atoms with Gasteiger partial charge in [-0.05, 0) is 50.6 Å². The number of benzene rings is 1. The van der Waals surface area contributed by atoms with Crippen molar-refractivity contribution in [1.29, 1.82) is 0 Å². The van der Waals surface area contributed by atoms with Gasteiger partial charge in [-0.2, -0.15) is 0 Å². The average molecular weight is 421 g/mol. The van der Waals surface area contributed by atoms with Crippen molar-refractivity contribution in [3.8, 4) is 0 Å². The van der Waals surface area contributed by atoms with E-state index < -0.39 is 11.6 Å². The Balaban J connectivity index is 1.23. The molecule has 0 unspecified atom stereocenters. The molecule has 30 heavy (non-hydrogen) atoms. The number of fused-ring (bicyclic) bond motifs is 1. The van der Waals surface area contributed by atoms with E-state index in [9.17, 15) is 13.6 Å². The second-order valence-corrected chi connectivity index (χ2v) is 8.53. The Morgan fingerprint density at radius 1 is 1.17 bits per heavy atom. The molecule has 2 aromatic rings. The fraction of sp³-hybridized carbons (Fsp3) is 0.636. The van der Waals surface area contributed by atoms with Crippen LogP contribution in [0.2, 0.25) is 0 Å². The summed E-state index contributed by atoms with van der Waals surface area (Å²) in [5.74, 6) is 0.0684. The van der Waals surface area contributed by atoms with Gasteiger partial charge in [-0.1, -0.05) is 12.1 Å². The lowest BCUT2D eigenvalue weighted by Crippen LogP contribution is -2.47. The van der Waals surface area contributed by atoms with E-state index >= 15 is 0 Å². The van der Waals surface area contributed by atoms with Gasteiger partial charge in [0.15, 0.2) is 11.6 Å². The molecule has 0 atom stereocenters. The first-order valence-corrected chi connectivity index (χ1v) is 11.0. The van der Waals surface area contributed by atoms with Crippen LogP contribution in [-0.2, 0) is 4.79 Å². The molecule has 6 nitrogen and oxygen atoms in total. The van der Waals surface area contributed by atoms with Gasteiger partial charge in [0.1, 0.15) is 5.82 Å². The Labute approximate surface area is 175 Å². The van der Waals surface area contributed by atoms with Gasteiger partial charge in [0, 0.05) is 44.7 Å². The number of amides is 1. The van der Waals surface area contributed by atoms with Gasteiger partial charge >= 0.3 is 0 Å². The lowest BCUT2D eigenvalue weighted by atomic mass is 9.84. The summed E-state index contributed by atoms with van der Waals surface area (Å²) in [6.45, 7) is 6.27. The third-order valence-electron chi connectivity index (χ3n) is 6.53. The molecule has 2 aliphatic rings. The molecule has 1 amide bonds. The van der Waals surface area contributed by atoms with E-state index in [0.29, 0.717) is 23.7 Å². The second kappa shape index (κ2) is 9.29. The van der Waals surface area contributed by atoms with Crippen molar-refractivity contribution >= 4 is 22.7 Å². The molecule has 1 saturated heterocycles. The Kier molecular flexibility index (Phi) is 6.51. The van der Waals surface area contributed by atoms with Gasteiger partial charge in [-0.25, -0.2) is 8.78 Å². The SMILES string of the molecule is CCC(=O)N[C@H]1CC[C@H](CCN2CCN(c3noc4c(F)cc(F)cc34)CC2)CC1. The second-order valence-electron chi connectivity index (χ2n) is 8.53. The van der Waals surface area contributed by atoms with Crippen LogP contribution in [0, 0.1) is 17.6 Å². The molecule has 0 spiro atoms. The molecule has 1 aromatic carbocycles. The third kappa shape index (κ3) is 4.74. The van der Waals surface area contributed by atoms with E-state index in [1.54, 1.807) is 0 Å². The number of rotatable bonds is 6. The molecule has 8 heteroatoms. The molecular formula is C22H30F2N4O2. The Morgan fingerprint density at radius 3 is 2.60 bits per heavy atom. The number of piperazine rings is 1. The molecule has 1 aliphatic carbocycles. The van der Waals surface area contributed by atoms with Gasteiger partial charge in [0.25, 0.3) is 0 Å². The largest absolute Gasteiger partial charge is 0.353 e. The molecule has 1 aromatic heterocycles. The van der Waals surface area contributed by atoms with E-state index in [1.165, 1.54) is 25.3 Å². The minimum absolute atomic E-state index is 0.0135. The summed E-state index contributed by atoms with van der Waals surface area (Å²) >= 11 is 0. The molecule has 0 bridgehead atoms. The monoisotopic (exact) mass is 420 g/mol. The summed E-state index contributed by atoms with van der Waals surface area (Å²) in [5, 5.41) is 7.51. The van der Waals surface area contributed by atoms with E-state index in [4.69, 9.17) is 4.52 Å². The minimum atomic E-state index is -0.716. The maximum absolute atomic E-state index is 13.9. The van der Waals surface area contributed by atoms with Crippen LogP contribution in [-0.4, -0.2) is 54.7 Å². The van der Waals surface area contributed by atoms with Gasteiger partial charge in [0.05, 0.1) is 5.39 Å².